The summed E-state index contributed by atoms with van der Waals surface area (Å²) in [5, 5.41) is 3.55. The normalized spacial score (nSPS) is 16.9. The van der Waals surface area contributed by atoms with Gasteiger partial charge in [0.25, 0.3) is 0 Å². The van der Waals surface area contributed by atoms with E-state index in [0.29, 0.717) is 0 Å². The Morgan fingerprint density at radius 3 is 1.88 bits per heavy atom. The Balaban J connectivity index is 1.56. The van der Waals surface area contributed by atoms with Crippen molar-refractivity contribution in [3.63, 3.8) is 0 Å². The maximum absolute atomic E-state index is 5.14. The summed E-state index contributed by atoms with van der Waals surface area (Å²) in [4.78, 5) is 21.6. The first-order chi connectivity index (χ1) is 16.2. The summed E-state index contributed by atoms with van der Waals surface area (Å²) in [6.07, 6.45) is 9.03. The van der Waals surface area contributed by atoms with E-state index in [-0.39, 0.29) is 0 Å². The molecule has 0 spiro atoms. The van der Waals surface area contributed by atoms with Gasteiger partial charge in [-0.15, -0.1) is 0 Å². The molecule has 3 heterocycles. The van der Waals surface area contributed by atoms with Gasteiger partial charge in [0.1, 0.15) is 5.82 Å². The summed E-state index contributed by atoms with van der Waals surface area (Å²) < 4.78 is 0. The van der Waals surface area contributed by atoms with Crippen molar-refractivity contribution < 1.29 is 0 Å². The van der Waals surface area contributed by atoms with E-state index in [1.54, 1.807) is 0 Å². The maximum Gasteiger partial charge on any atom is 0.137 e. The van der Waals surface area contributed by atoms with Crippen LogP contribution in [0, 0.1) is 0 Å². The van der Waals surface area contributed by atoms with E-state index in [0.717, 1.165) is 72.8 Å². The average Bonchev–Trinajstić information content (AvgIpc) is 3.56. The first-order valence-electron chi connectivity index (χ1n) is 12.4. The molecule has 2 fully saturated rings. The van der Waals surface area contributed by atoms with Crippen molar-refractivity contribution in [3.8, 4) is 0 Å². The molecule has 2 saturated heterocycles. The fraction of sp³-hybridized carbons (Fsp3) is 0.444. The Labute approximate surface area is 196 Å². The molecule has 2 aliphatic rings. The smallest absolute Gasteiger partial charge is 0.137 e. The molecular weight excluding hydrogens is 408 g/mol. The molecule has 0 unspecified atom stereocenters. The molecule has 5 rings (SSSR count). The summed E-state index contributed by atoms with van der Waals surface area (Å²) in [5.41, 5.74) is 2.93. The van der Waals surface area contributed by atoms with Gasteiger partial charge >= 0.3 is 0 Å². The van der Waals surface area contributed by atoms with E-state index in [1.165, 1.54) is 31.1 Å². The van der Waals surface area contributed by atoms with Crippen LogP contribution < -0.4 is 4.90 Å². The van der Waals surface area contributed by atoms with Gasteiger partial charge < -0.3 is 14.7 Å². The second-order valence-electron chi connectivity index (χ2n) is 9.01. The monoisotopic (exact) mass is 442 g/mol. The van der Waals surface area contributed by atoms with Crippen molar-refractivity contribution in [2.75, 3.05) is 44.2 Å². The minimum atomic E-state index is 0.915. The second-order valence-corrected chi connectivity index (χ2v) is 9.01. The largest absolute Gasteiger partial charge is 0.363 e. The molecule has 0 atom stereocenters. The highest BCUT2D eigenvalue weighted by Crippen LogP contribution is 2.35. The fourth-order valence-corrected chi connectivity index (χ4v) is 4.90. The average molecular weight is 443 g/mol. The second kappa shape index (κ2) is 9.77. The number of likely N-dealkylation sites (tertiary alicyclic amines) is 2. The molecule has 0 N–H and O–H groups in total. The number of pyridine rings is 1. The van der Waals surface area contributed by atoms with Gasteiger partial charge in [0, 0.05) is 50.0 Å². The number of rotatable bonds is 7. The quantitative estimate of drug-likeness (QED) is 0.266. The predicted molar refractivity (Wildman–Crippen MR) is 141 cm³/mol. The lowest BCUT2D eigenvalue weighted by atomic mass is 10.0. The van der Waals surface area contributed by atoms with Crippen LogP contribution in [0.15, 0.2) is 46.4 Å². The van der Waals surface area contributed by atoms with Crippen molar-refractivity contribution in [2.45, 2.75) is 39.5 Å². The van der Waals surface area contributed by atoms with Crippen LogP contribution in [-0.2, 0) is 0 Å². The van der Waals surface area contributed by atoms with E-state index in [4.69, 9.17) is 15.0 Å². The Morgan fingerprint density at radius 1 is 0.758 bits per heavy atom. The number of hydrogen-bond donors (Lipinski definition) is 0. The number of hydrogen-bond acceptors (Lipinski definition) is 4. The van der Waals surface area contributed by atoms with Gasteiger partial charge in [-0.3, -0.25) is 0 Å². The van der Waals surface area contributed by atoms with Crippen LogP contribution in [0.3, 0.4) is 0 Å². The van der Waals surface area contributed by atoms with Crippen molar-refractivity contribution in [1.82, 2.24) is 14.8 Å². The molecule has 2 aromatic carbocycles. The van der Waals surface area contributed by atoms with Crippen molar-refractivity contribution in [1.29, 1.82) is 0 Å². The minimum absolute atomic E-state index is 0.915. The molecule has 3 aromatic rings. The summed E-state index contributed by atoms with van der Waals surface area (Å²) >= 11 is 0. The Kier molecular flexibility index (Phi) is 6.42. The highest BCUT2D eigenvalue weighted by Gasteiger charge is 2.14. The number of fused-ring (bicyclic) bond motifs is 3. The fourth-order valence-electron chi connectivity index (χ4n) is 4.90. The zero-order valence-corrected chi connectivity index (χ0v) is 19.9. The Bertz CT molecular complexity index is 1170. The van der Waals surface area contributed by atoms with Crippen LogP contribution in [0.1, 0.15) is 39.5 Å². The van der Waals surface area contributed by atoms with Gasteiger partial charge in [-0.2, -0.15) is 0 Å². The summed E-state index contributed by atoms with van der Waals surface area (Å²) in [6.45, 7) is 10.6. The van der Waals surface area contributed by atoms with Crippen LogP contribution in [0.5, 0.6) is 0 Å². The molecule has 0 aliphatic carbocycles. The third kappa shape index (κ3) is 4.65. The molecular formula is C27H34N6. The van der Waals surface area contributed by atoms with Crippen LogP contribution >= 0.6 is 0 Å². The third-order valence-electron chi connectivity index (χ3n) is 6.83. The van der Waals surface area contributed by atoms with E-state index < -0.39 is 0 Å². The molecule has 0 saturated carbocycles. The molecule has 2 aliphatic heterocycles. The number of anilines is 1. The highest BCUT2D eigenvalue weighted by molar-refractivity contribution is 6.11. The van der Waals surface area contributed by atoms with Gasteiger partial charge in [0.05, 0.1) is 29.6 Å². The molecule has 0 bridgehead atoms. The SMILES string of the molecule is CCN(CC)c1nc2cc(/N=C/N3CCCC3)ccc2c2ccc(/N=C/N3CCCC3)cc12. The first-order valence-corrected chi connectivity index (χ1v) is 12.4. The lowest BCUT2D eigenvalue weighted by Crippen LogP contribution is -2.23. The molecule has 0 amide bonds. The van der Waals surface area contributed by atoms with Crippen LogP contribution in [-0.4, -0.2) is 66.7 Å². The van der Waals surface area contributed by atoms with Gasteiger partial charge in [0.2, 0.25) is 0 Å². The minimum Gasteiger partial charge on any atom is -0.363 e. The van der Waals surface area contributed by atoms with E-state index in [9.17, 15) is 0 Å². The zero-order valence-electron chi connectivity index (χ0n) is 19.9. The molecule has 1 aromatic heterocycles. The molecule has 6 nitrogen and oxygen atoms in total. The van der Waals surface area contributed by atoms with Crippen LogP contribution in [0.25, 0.3) is 21.7 Å². The molecule has 0 radical (unpaired) electrons. The maximum atomic E-state index is 5.14. The predicted octanol–water partition coefficient (Wildman–Crippen LogP) is 5.75. The lowest BCUT2D eigenvalue weighted by molar-refractivity contribution is 0.536. The third-order valence-corrected chi connectivity index (χ3v) is 6.83. The highest BCUT2D eigenvalue weighted by atomic mass is 15.2. The molecule has 33 heavy (non-hydrogen) atoms. The molecule has 172 valence electrons. The van der Waals surface area contributed by atoms with Crippen molar-refractivity contribution >= 4 is 51.5 Å². The number of aromatic nitrogens is 1. The number of aliphatic imine (C=N–C) groups is 2. The molecule has 6 heteroatoms. The summed E-state index contributed by atoms with van der Waals surface area (Å²) in [5.74, 6) is 1.03. The standard InChI is InChI=1S/C27H34N6/c1-3-33(4-2)27-25-17-21(28-19-31-13-5-6-14-31)9-11-23(25)24-12-10-22(18-26(24)30-27)29-20-32-15-7-8-16-32/h9-12,17-20H,3-8,13-16H2,1-2H3/b28-19+,29-20+. The topological polar surface area (TPSA) is 47.3 Å². The van der Waals surface area contributed by atoms with Gasteiger partial charge in [-0.05, 0) is 69.2 Å². The van der Waals surface area contributed by atoms with Crippen molar-refractivity contribution in [2.24, 2.45) is 9.98 Å². The Hall–Kier alpha value is -3.15. The van der Waals surface area contributed by atoms with E-state index in [2.05, 4.69) is 64.9 Å². The zero-order chi connectivity index (χ0) is 22.6. The number of benzene rings is 2. The van der Waals surface area contributed by atoms with E-state index in [1.807, 2.05) is 12.7 Å². The number of nitrogens with zero attached hydrogens (tertiary/aromatic N) is 6. The van der Waals surface area contributed by atoms with Gasteiger partial charge in [-0.25, -0.2) is 15.0 Å². The van der Waals surface area contributed by atoms with Crippen molar-refractivity contribution in [3.05, 3.63) is 36.4 Å². The summed E-state index contributed by atoms with van der Waals surface area (Å²) in [6, 6.07) is 12.9. The van der Waals surface area contributed by atoms with Gasteiger partial charge in [0.15, 0.2) is 0 Å². The van der Waals surface area contributed by atoms with Crippen LogP contribution in [0.2, 0.25) is 0 Å². The van der Waals surface area contributed by atoms with Gasteiger partial charge in [-0.1, -0.05) is 12.1 Å². The first kappa shape index (κ1) is 21.7. The van der Waals surface area contributed by atoms with E-state index >= 15 is 0 Å². The summed E-state index contributed by atoms with van der Waals surface area (Å²) in [7, 11) is 0. The lowest BCUT2D eigenvalue weighted by Gasteiger charge is -2.23. The van der Waals surface area contributed by atoms with Crippen LogP contribution in [0.4, 0.5) is 17.2 Å². The Morgan fingerprint density at radius 2 is 1.30 bits per heavy atom.